The zero-order valence-corrected chi connectivity index (χ0v) is 10.6. The molecule has 1 rings (SSSR count). The van der Waals surface area contributed by atoms with E-state index in [4.69, 9.17) is 5.11 Å². The van der Waals surface area contributed by atoms with Crippen LogP contribution in [0.4, 0.5) is 23.8 Å². The van der Waals surface area contributed by atoms with E-state index >= 15 is 0 Å². The van der Waals surface area contributed by atoms with Crippen molar-refractivity contribution in [2.24, 2.45) is 0 Å². The van der Waals surface area contributed by atoms with Crippen molar-refractivity contribution in [3.8, 4) is 0 Å². The molecule has 1 N–H and O–H groups in total. The van der Waals surface area contributed by atoms with Gasteiger partial charge in [-0.15, -0.1) is 0 Å². The van der Waals surface area contributed by atoms with Crippen LogP contribution in [0.1, 0.15) is 5.56 Å². The number of alkyl halides is 3. The number of nitrogens with zero attached hydrogens (tertiary/aromatic N) is 2. The van der Waals surface area contributed by atoms with Crippen LogP contribution in [-0.4, -0.2) is 35.3 Å². The van der Waals surface area contributed by atoms with Crippen LogP contribution >= 0.6 is 0 Å². The fourth-order valence-electron chi connectivity index (χ4n) is 1.30. The quantitative estimate of drug-likeness (QED) is 0.844. The molecular formula is C12H11F3N2O4. The molecule has 0 spiro atoms. The largest absolute Gasteiger partial charge is 0.480 e. The minimum atomic E-state index is -4.58. The Morgan fingerprint density at radius 2 is 2.10 bits per heavy atom. The molecule has 114 valence electrons. The maximum absolute atomic E-state index is 12.4. The third-order valence-corrected chi connectivity index (χ3v) is 2.19. The maximum Gasteiger partial charge on any atom is 0.417 e. The molecule has 0 unspecified atom stereocenters. The Kier molecular flexibility index (Phi) is 5.28. The molecule has 9 heteroatoms. The standard InChI is InChI=1S/C12H11F3N2O4/c1-2-5-21-11(20)17(7-10(18)19)9-4-3-8(6-16-9)12(13,14)15/h2-4,6H,1,5,7H2,(H,18,19). The molecule has 0 aliphatic rings. The van der Waals surface area contributed by atoms with E-state index in [1.165, 1.54) is 6.08 Å². The number of amides is 1. The molecule has 0 aromatic carbocycles. The van der Waals surface area contributed by atoms with E-state index in [-0.39, 0.29) is 12.4 Å². The Bertz CT molecular complexity index is 528. The number of aromatic nitrogens is 1. The van der Waals surface area contributed by atoms with Gasteiger partial charge in [0.15, 0.2) is 0 Å². The van der Waals surface area contributed by atoms with Crippen molar-refractivity contribution in [3.63, 3.8) is 0 Å². The number of hydrogen-bond acceptors (Lipinski definition) is 4. The SMILES string of the molecule is C=CCOC(=O)N(CC(=O)O)c1ccc(C(F)(F)F)cn1. The van der Waals surface area contributed by atoms with Crippen molar-refractivity contribution in [1.29, 1.82) is 0 Å². The van der Waals surface area contributed by atoms with Gasteiger partial charge in [0.25, 0.3) is 0 Å². The van der Waals surface area contributed by atoms with E-state index in [0.717, 1.165) is 6.07 Å². The van der Waals surface area contributed by atoms with Crippen LogP contribution in [0.3, 0.4) is 0 Å². The van der Waals surface area contributed by atoms with Gasteiger partial charge in [0.05, 0.1) is 5.56 Å². The lowest BCUT2D eigenvalue weighted by atomic mass is 10.2. The summed E-state index contributed by atoms with van der Waals surface area (Å²) in [6.45, 7) is 2.34. The first-order valence-corrected chi connectivity index (χ1v) is 5.56. The summed E-state index contributed by atoms with van der Waals surface area (Å²) < 4.78 is 41.9. The first-order chi connectivity index (χ1) is 9.75. The number of carbonyl (C=O) groups excluding carboxylic acids is 1. The number of aliphatic carboxylic acids is 1. The molecule has 1 amide bonds. The number of hydrogen-bond donors (Lipinski definition) is 1. The highest BCUT2D eigenvalue weighted by Crippen LogP contribution is 2.29. The van der Waals surface area contributed by atoms with Crippen molar-refractivity contribution in [2.75, 3.05) is 18.1 Å². The third-order valence-electron chi connectivity index (χ3n) is 2.19. The summed E-state index contributed by atoms with van der Waals surface area (Å²) in [5.74, 6) is -1.63. The van der Waals surface area contributed by atoms with Crippen LogP contribution in [0.2, 0.25) is 0 Å². The number of pyridine rings is 1. The zero-order valence-electron chi connectivity index (χ0n) is 10.6. The number of carboxylic acids is 1. The summed E-state index contributed by atoms with van der Waals surface area (Å²) in [5.41, 5.74) is -1.01. The summed E-state index contributed by atoms with van der Waals surface area (Å²) in [7, 11) is 0. The van der Waals surface area contributed by atoms with Crippen LogP contribution in [0, 0.1) is 0 Å². The van der Waals surface area contributed by atoms with E-state index in [1.54, 1.807) is 0 Å². The van der Waals surface area contributed by atoms with Gasteiger partial charge in [-0.1, -0.05) is 12.7 Å². The summed E-state index contributed by atoms with van der Waals surface area (Å²) >= 11 is 0. The van der Waals surface area contributed by atoms with Crippen LogP contribution < -0.4 is 4.90 Å². The van der Waals surface area contributed by atoms with Gasteiger partial charge >= 0.3 is 18.2 Å². The van der Waals surface area contributed by atoms with Crippen molar-refractivity contribution in [2.45, 2.75) is 6.18 Å². The number of rotatable bonds is 5. The van der Waals surface area contributed by atoms with E-state index < -0.39 is 30.3 Å². The highest BCUT2D eigenvalue weighted by molar-refractivity contribution is 5.92. The Labute approximate surface area is 117 Å². The molecule has 0 atom stereocenters. The molecule has 1 heterocycles. The van der Waals surface area contributed by atoms with E-state index in [1.807, 2.05) is 0 Å². The molecule has 0 bridgehead atoms. The fraction of sp³-hybridized carbons (Fsp3) is 0.250. The molecule has 0 fully saturated rings. The van der Waals surface area contributed by atoms with Gasteiger partial charge in [-0.3, -0.25) is 9.69 Å². The minimum absolute atomic E-state index is 0.171. The number of anilines is 1. The molecule has 1 aromatic rings. The summed E-state index contributed by atoms with van der Waals surface area (Å²) in [6, 6.07) is 1.58. The van der Waals surface area contributed by atoms with E-state index in [0.29, 0.717) is 17.2 Å². The van der Waals surface area contributed by atoms with Crippen molar-refractivity contribution < 1.29 is 32.6 Å². The normalized spacial score (nSPS) is 10.8. The predicted octanol–water partition coefficient (Wildman–Crippen LogP) is 2.31. The number of ether oxygens (including phenoxy) is 1. The summed E-state index contributed by atoms with van der Waals surface area (Å²) in [5, 5.41) is 8.73. The molecule has 0 saturated carbocycles. The lowest BCUT2D eigenvalue weighted by Gasteiger charge is -2.19. The lowest BCUT2D eigenvalue weighted by molar-refractivity contribution is -0.138. The third kappa shape index (κ3) is 4.79. The van der Waals surface area contributed by atoms with Crippen molar-refractivity contribution in [3.05, 3.63) is 36.5 Å². The Hall–Kier alpha value is -2.58. The van der Waals surface area contributed by atoms with Gasteiger partial charge in [-0.25, -0.2) is 9.78 Å². The van der Waals surface area contributed by atoms with Crippen LogP contribution in [0.15, 0.2) is 31.0 Å². The maximum atomic E-state index is 12.4. The Morgan fingerprint density at radius 3 is 2.52 bits per heavy atom. The van der Waals surface area contributed by atoms with Crippen LogP contribution in [0.25, 0.3) is 0 Å². The molecule has 0 radical (unpaired) electrons. The monoisotopic (exact) mass is 304 g/mol. The molecular weight excluding hydrogens is 293 g/mol. The number of halogens is 3. The highest BCUT2D eigenvalue weighted by atomic mass is 19.4. The topological polar surface area (TPSA) is 79.7 Å². The summed E-state index contributed by atoms with van der Waals surface area (Å²) in [6.07, 6.45) is -3.86. The van der Waals surface area contributed by atoms with Crippen molar-refractivity contribution >= 4 is 17.9 Å². The smallest absolute Gasteiger partial charge is 0.417 e. The average molecular weight is 304 g/mol. The first-order valence-electron chi connectivity index (χ1n) is 5.56. The predicted molar refractivity (Wildman–Crippen MR) is 65.8 cm³/mol. The van der Waals surface area contributed by atoms with Gasteiger partial charge in [0.1, 0.15) is 19.0 Å². The number of carboxylic acid groups (broad SMARTS) is 1. The van der Waals surface area contributed by atoms with E-state index in [2.05, 4.69) is 16.3 Å². The fourth-order valence-corrected chi connectivity index (χ4v) is 1.30. The van der Waals surface area contributed by atoms with Crippen LogP contribution in [0.5, 0.6) is 0 Å². The molecule has 6 nitrogen and oxygen atoms in total. The lowest BCUT2D eigenvalue weighted by Crippen LogP contribution is -2.36. The van der Waals surface area contributed by atoms with Gasteiger partial charge < -0.3 is 9.84 Å². The van der Waals surface area contributed by atoms with Gasteiger partial charge in [-0.05, 0) is 12.1 Å². The zero-order chi connectivity index (χ0) is 16.0. The second kappa shape index (κ2) is 6.73. The van der Waals surface area contributed by atoms with Crippen molar-refractivity contribution in [1.82, 2.24) is 4.98 Å². The molecule has 21 heavy (non-hydrogen) atoms. The second-order valence-corrected chi connectivity index (χ2v) is 3.75. The Morgan fingerprint density at radius 1 is 1.43 bits per heavy atom. The summed E-state index contributed by atoms with van der Waals surface area (Å²) in [4.78, 5) is 26.4. The van der Waals surface area contributed by atoms with Crippen LogP contribution in [-0.2, 0) is 15.7 Å². The average Bonchev–Trinajstić information content (AvgIpc) is 2.41. The molecule has 0 aliphatic heterocycles. The Balaban J connectivity index is 3.00. The van der Waals surface area contributed by atoms with Gasteiger partial charge in [0.2, 0.25) is 0 Å². The minimum Gasteiger partial charge on any atom is -0.480 e. The molecule has 0 saturated heterocycles. The first kappa shape index (κ1) is 16.5. The van der Waals surface area contributed by atoms with Gasteiger partial charge in [0, 0.05) is 6.20 Å². The second-order valence-electron chi connectivity index (χ2n) is 3.75. The number of carbonyl (C=O) groups is 2. The van der Waals surface area contributed by atoms with Gasteiger partial charge in [-0.2, -0.15) is 13.2 Å². The molecule has 1 aromatic heterocycles. The van der Waals surface area contributed by atoms with E-state index in [9.17, 15) is 22.8 Å². The highest BCUT2D eigenvalue weighted by Gasteiger charge is 2.31. The molecule has 0 aliphatic carbocycles.